The fourth-order valence-corrected chi connectivity index (χ4v) is 1.65. The highest BCUT2D eigenvalue weighted by molar-refractivity contribution is 5.70. The van der Waals surface area contributed by atoms with Crippen molar-refractivity contribution in [2.45, 2.75) is 13.8 Å². The number of ether oxygens (including phenoxy) is 1. The third-order valence-corrected chi connectivity index (χ3v) is 2.84. The lowest BCUT2D eigenvalue weighted by molar-refractivity contribution is -0.145. The van der Waals surface area contributed by atoms with E-state index >= 15 is 0 Å². The molecule has 1 unspecified atom stereocenters. The Balaban J connectivity index is 2.08. The number of carboxylic acids is 1. The molecule has 1 aliphatic heterocycles. The van der Waals surface area contributed by atoms with E-state index in [0.29, 0.717) is 5.92 Å². The van der Waals surface area contributed by atoms with Crippen molar-refractivity contribution in [2.75, 3.05) is 32.8 Å². The predicted molar refractivity (Wildman–Crippen MR) is 53.2 cm³/mol. The average molecular weight is 201 g/mol. The molecule has 4 heteroatoms. The Labute approximate surface area is 84.8 Å². The van der Waals surface area contributed by atoms with Crippen LogP contribution in [0.25, 0.3) is 0 Å². The Morgan fingerprint density at radius 2 is 2.29 bits per heavy atom. The van der Waals surface area contributed by atoms with Gasteiger partial charge in [0.15, 0.2) is 0 Å². The van der Waals surface area contributed by atoms with Crippen molar-refractivity contribution < 1.29 is 14.6 Å². The molecule has 1 rings (SSSR count). The largest absolute Gasteiger partial charge is 0.481 e. The molecular formula is C10H19NO3. The molecule has 0 spiro atoms. The van der Waals surface area contributed by atoms with Crippen LogP contribution >= 0.6 is 0 Å². The van der Waals surface area contributed by atoms with Crippen LogP contribution in [0.3, 0.4) is 0 Å². The van der Waals surface area contributed by atoms with E-state index in [2.05, 4.69) is 4.90 Å². The lowest BCUT2D eigenvalue weighted by Gasteiger charge is -2.41. The number of hydrogen-bond donors (Lipinski definition) is 1. The summed E-state index contributed by atoms with van der Waals surface area (Å²) >= 11 is 0. The van der Waals surface area contributed by atoms with Gasteiger partial charge in [0.1, 0.15) is 0 Å². The van der Waals surface area contributed by atoms with Crippen molar-refractivity contribution >= 4 is 5.97 Å². The third kappa shape index (κ3) is 2.96. The van der Waals surface area contributed by atoms with E-state index in [4.69, 9.17) is 9.84 Å². The van der Waals surface area contributed by atoms with Crippen molar-refractivity contribution in [3.8, 4) is 0 Å². The minimum Gasteiger partial charge on any atom is -0.481 e. The van der Waals surface area contributed by atoms with Crippen LogP contribution < -0.4 is 0 Å². The summed E-state index contributed by atoms with van der Waals surface area (Å²) < 4.78 is 5.23. The molecule has 14 heavy (non-hydrogen) atoms. The van der Waals surface area contributed by atoms with E-state index in [1.807, 2.05) is 6.92 Å². The zero-order valence-electron chi connectivity index (χ0n) is 8.90. The van der Waals surface area contributed by atoms with Crippen molar-refractivity contribution in [1.29, 1.82) is 0 Å². The van der Waals surface area contributed by atoms with Crippen molar-refractivity contribution in [3.05, 3.63) is 0 Å². The summed E-state index contributed by atoms with van der Waals surface area (Å²) in [4.78, 5) is 12.9. The lowest BCUT2D eigenvalue weighted by Crippen LogP contribution is -2.51. The van der Waals surface area contributed by atoms with Gasteiger partial charge in [-0.2, -0.15) is 0 Å². The van der Waals surface area contributed by atoms with Gasteiger partial charge in [0, 0.05) is 26.2 Å². The van der Waals surface area contributed by atoms with Gasteiger partial charge in [-0.1, -0.05) is 6.92 Å². The molecule has 1 atom stereocenters. The first-order chi connectivity index (χ1) is 6.65. The Morgan fingerprint density at radius 3 is 2.79 bits per heavy atom. The van der Waals surface area contributed by atoms with Crippen LogP contribution in [0, 0.1) is 11.8 Å². The molecule has 0 bridgehead atoms. The first kappa shape index (κ1) is 11.5. The van der Waals surface area contributed by atoms with Crippen LogP contribution in [0.15, 0.2) is 0 Å². The minimum absolute atomic E-state index is 0.210. The van der Waals surface area contributed by atoms with Gasteiger partial charge in [0.2, 0.25) is 0 Å². The third-order valence-electron chi connectivity index (χ3n) is 2.84. The zero-order chi connectivity index (χ0) is 10.6. The molecule has 4 nitrogen and oxygen atoms in total. The molecule has 0 aromatic heterocycles. The SMILES string of the molecule is CCOCCN1CC(C(C)C(=O)O)C1. The molecule has 0 saturated carbocycles. The lowest BCUT2D eigenvalue weighted by atomic mass is 9.87. The van der Waals surface area contributed by atoms with Gasteiger partial charge in [0.05, 0.1) is 12.5 Å². The van der Waals surface area contributed by atoms with E-state index in [-0.39, 0.29) is 5.92 Å². The van der Waals surface area contributed by atoms with Gasteiger partial charge in [-0.3, -0.25) is 4.79 Å². The van der Waals surface area contributed by atoms with E-state index in [9.17, 15) is 4.79 Å². The average Bonchev–Trinajstić information content (AvgIpc) is 2.08. The van der Waals surface area contributed by atoms with Gasteiger partial charge < -0.3 is 14.7 Å². The molecule has 1 aliphatic rings. The Kier molecular flexibility index (Phi) is 4.35. The maximum Gasteiger partial charge on any atom is 0.306 e. The fourth-order valence-electron chi connectivity index (χ4n) is 1.65. The van der Waals surface area contributed by atoms with Crippen molar-refractivity contribution in [3.63, 3.8) is 0 Å². The zero-order valence-corrected chi connectivity index (χ0v) is 8.90. The molecule has 1 N–H and O–H groups in total. The van der Waals surface area contributed by atoms with Gasteiger partial charge >= 0.3 is 5.97 Å². The van der Waals surface area contributed by atoms with Crippen LogP contribution in [-0.4, -0.2) is 48.8 Å². The summed E-state index contributed by atoms with van der Waals surface area (Å²) in [6.07, 6.45) is 0. The number of likely N-dealkylation sites (tertiary alicyclic amines) is 1. The number of aliphatic carboxylic acids is 1. The maximum atomic E-state index is 10.7. The smallest absolute Gasteiger partial charge is 0.306 e. The molecule has 1 fully saturated rings. The molecule has 0 aromatic rings. The summed E-state index contributed by atoms with van der Waals surface area (Å²) in [6.45, 7) is 8.00. The van der Waals surface area contributed by atoms with Gasteiger partial charge in [-0.25, -0.2) is 0 Å². The predicted octanol–water partition coefficient (Wildman–Crippen LogP) is 0.675. The number of nitrogens with zero attached hydrogens (tertiary/aromatic N) is 1. The van der Waals surface area contributed by atoms with Crippen molar-refractivity contribution in [1.82, 2.24) is 4.90 Å². The highest BCUT2D eigenvalue weighted by Gasteiger charge is 2.33. The number of carbonyl (C=O) groups is 1. The normalized spacial score (nSPS) is 20.4. The van der Waals surface area contributed by atoms with Crippen molar-refractivity contribution in [2.24, 2.45) is 11.8 Å². The summed E-state index contributed by atoms with van der Waals surface area (Å²) in [5.41, 5.74) is 0. The summed E-state index contributed by atoms with van der Waals surface area (Å²) in [5, 5.41) is 8.77. The van der Waals surface area contributed by atoms with Crippen LogP contribution in [0.1, 0.15) is 13.8 Å². The highest BCUT2D eigenvalue weighted by atomic mass is 16.5. The number of rotatable bonds is 6. The van der Waals surface area contributed by atoms with Crippen LogP contribution in [-0.2, 0) is 9.53 Å². The first-order valence-electron chi connectivity index (χ1n) is 5.18. The van der Waals surface area contributed by atoms with E-state index < -0.39 is 5.97 Å². The topological polar surface area (TPSA) is 49.8 Å². The molecule has 1 heterocycles. The number of carboxylic acid groups (broad SMARTS) is 1. The van der Waals surface area contributed by atoms with Gasteiger partial charge in [-0.15, -0.1) is 0 Å². The molecule has 0 amide bonds. The monoisotopic (exact) mass is 201 g/mol. The quantitative estimate of drug-likeness (QED) is 0.642. The molecular weight excluding hydrogens is 182 g/mol. The Hall–Kier alpha value is -0.610. The molecule has 0 aromatic carbocycles. The van der Waals surface area contributed by atoms with Crippen LogP contribution in [0.2, 0.25) is 0 Å². The van der Waals surface area contributed by atoms with E-state index in [0.717, 1.165) is 32.8 Å². The second-order valence-electron chi connectivity index (χ2n) is 3.84. The van der Waals surface area contributed by atoms with Crippen LogP contribution in [0.4, 0.5) is 0 Å². The summed E-state index contributed by atoms with van der Waals surface area (Å²) in [6, 6.07) is 0. The van der Waals surface area contributed by atoms with Gasteiger partial charge in [-0.05, 0) is 12.8 Å². The van der Waals surface area contributed by atoms with Gasteiger partial charge in [0.25, 0.3) is 0 Å². The maximum absolute atomic E-state index is 10.7. The second-order valence-corrected chi connectivity index (χ2v) is 3.84. The summed E-state index contributed by atoms with van der Waals surface area (Å²) in [5.74, 6) is -0.563. The second kappa shape index (κ2) is 5.32. The molecule has 1 saturated heterocycles. The standard InChI is InChI=1S/C10H19NO3/c1-3-14-5-4-11-6-9(7-11)8(2)10(12)13/h8-9H,3-7H2,1-2H3,(H,12,13). The molecule has 0 radical (unpaired) electrons. The summed E-state index contributed by atoms with van der Waals surface area (Å²) in [7, 11) is 0. The van der Waals surface area contributed by atoms with E-state index in [1.165, 1.54) is 0 Å². The fraction of sp³-hybridized carbons (Fsp3) is 0.900. The van der Waals surface area contributed by atoms with Crippen LogP contribution in [0.5, 0.6) is 0 Å². The highest BCUT2D eigenvalue weighted by Crippen LogP contribution is 2.23. The Morgan fingerprint density at radius 1 is 1.64 bits per heavy atom. The van der Waals surface area contributed by atoms with E-state index in [1.54, 1.807) is 6.92 Å². The minimum atomic E-state index is -0.681. The molecule has 0 aliphatic carbocycles. The number of hydrogen-bond acceptors (Lipinski definition) is 3. The Bertz CT molecular complexity index is 190. The molecule has 82 valence electrons. The first-order valence-corrected chi connectivity index (χ1v) is 5.18.